The predicted octanol–water partition coefficient (Wildman–Crippen LogP) is 3.12. The standard InChI is InChI=1S/C14H19ClN2O/c15-13-8-4-1-5-11(13)9-10-16-14(18)17-12-6-2-3-7-12/h1,4-5,8,12H,2-3,6-7,9-10H2,(H2,16,17,18). The van der Waals surface area contributed by atoms with Crippen molar-refractivity contribution in [2.45, 2.75) is 38.1 Å². The molecule has 0 bridgehead atoms. The molecule has 0 spiro atoms. The van der Waals surface area contributed by atoms with Crippen LogP contribution in [0.4, 0.5) is 4.79 Å². The third-order valence-corrected chi connectivity index (χ3v) is 3.70. The van der Waals surface area contributed by atoms with E-state index in [0.29, 0.717) is 12.6 Å². The van der Waals surface area contributed by atoms with Gasteiger partial charge in [-0.2, -0.15) is 0 Å². The van der Waals surface area contributed by atoms with E-state index < -0.39 is 0 Å². The van der Waals surface area contributed by atoms with Gasteiger partial charge < -0.3 is 10.6 Å². The number of rotatable bonds is 4. The van der Waals surface area contributed by atoms with Crippen molar-refractivity contribution in [1.29, 1.82) is 0 Å². The number of halogens is 1. The Morgan fingerprint density at radius 3 is 2.72 bits per heavy atom. The van der Waals surface area contributed by atoms with Gasteiger partial charge in [0.15, 0.2) is 0 Å². The number of hydrogen-bond donors (Lipinski definition) is 2. The van der Waals surface area contributed by atoms with E-state index in [4.69, 9.17) is 11.6 Å². The molecule has 18 heavy (non-hydrogen) atoms. The molecular weight excluding hydrogens is 248 g/mol. The van der Waals surface area contributed by atoms with Crippen LogP contribution in [0.5, 0.6) is 0 Å². The number of amides is 2. The average molecular weight is 267 g/mol. The van der Waals surface area contributed by atoms with Crippen molar-refractivity contribution in [3.63, 3.8) is 0 Å². The summed E-state index contributed by atoms with van der Waals surface area (Å²) in [5.41, 5.74) is 1.07. The van der Waals surface area contributed by atoms with Gasteiger partial charge in [0.2, 0.25) is 0 Å². The molecule has 0 aliphatic heterocycles. The molecule has 1 fully saturated rings. The molecule has 0 unspecified atom stereocenters. The fourth-order valence-corrected chi connectivity index (χ4v) is 2.55. The van der Waals surface area contributed by atoms with E-state index in [9.17, 15) is 4.79 Å². The summed E-state index contributed by atoms with van der Waals surface area (Å²) in [5, 5.41) is 6.63. The van der Waals surface area contributed by atoms with Crippen LogP contribution in [0.1, 0.15) is 31.2 Å². The lowest BCUT2D eigenvalue weighted by molar-refractivity contribution is 0.237. The predicted molar refractivity (Wildman–Crippen MR) is 73.9 cm³/mol. The summed E-state index contributed by atoms with van der Waals surface area (Å²) in [7, 11) is 0. The van der Waals surface area contributed by atoms with E-state index in [0.717, 1.165) is 29.8 Å². The maximum Gasteiger partial charge on any atom is 0.315 e. The molecule has 1 aliphatic rings. The van der Waals surface area contributed by atoms with E-state index in [1.54, 1.807) is 0 Å². The van der Waals surface area contributed by atoms with Gasteiger partial charge >= 0.3 is 6.03 Å². The zero-order valence-electron chi connectivity index (χ0n) is 10.4. The highest BCUT2D eigenvalue weighted by Gasteiger charge is 2.16. The molecule has 2 amide bonds. The van der Waals surface area contributed by atoms with Crippen LogP contribution in [0.15, 0.2) is 24.3 Å². The number of hydrogen-bond acceptors (Lipinski definition) is 1. The second-order valence-electron chi connectivity index (χ2n) is 4.72. The van der Waals surface area contributed by atoms with Gasteiger partial charge in [-0.25, -0.2) is 4.79 Å². The van der Waals surface area contributed by atoms with E-state index in [1.807, 2.05) is 24.3 Å². The third kappa shape index (κ3) is 3.91. The van der Waals surface area contributed by atoms with Crippen molar-refractivity contribution in [3.05, 3.63) is 34.9 Å². The number of carbonyl (C=O) groups is 1. The van der Waals surface area contributed by atoms with Gasteiger partial charge in [0.05, 0.1) is 0 Å². The fourth-order valence-electron chi connectivity index (χ4n) is 2.32. The topological polar surface area (TPSA) is 41.1 Å². The van der Waals surface area contributed by atoms with Crippen molar-refractivity contribution in [3.8, 4) is 0 Å². The van der Waals surface area contributed by atoms with Gasteiger partial charge in [0, 0.05) is 17.6 Å². The molecule has 1 aliphatic carbocycles. The molecule has 3 nitrogen and oxygen atoms in total. The Labute approximate surface area is 113 Å². The van der Waals surface area contributed by atoms with Crippen LogP contribution in [0.2, 0.25) is 5.02 Å². The van der Waals surface area contributed by atoms with E-state index in [2.05, 4.69) is 10.6 Å². The lowest BCUT2D eigenvalue weighted by atomic mass is 10.1. The van der Waals surface area contributed by atoms with Crippen molar-refractivity contribution < 1.29 is 4.79 Å². The number of urea groups is 1. The lowest BCUT2D eigenvalue weighted by Crippen LogP contribution is -2.41. The molecule has 2 rings (SSSR count). The van der Waals surface area contributed by atoms with Gasteiger partial charge in [-0.1, -0.05) is 42.6 Å². The van der Waals surface area contributed by atoms with E-state index in [1.165, 1.54) is 12.8 Å². The molecule has 0 heterocycles. The van der Waals surface area contributed by atoms with Crippen LogP contribution in [0.3, 0.4) is 0 Å². The van der Waals surface area contributed by atoms with E-state index >= 15 is 0 Å². The van der Waals surface area contributed by atoms with Crippen LogP contribution < -0.4 is 10.6 Å². The summed E-state index contributed by atoms with van der Waals surface area (Å²) in [6, 6.07) is 8.03. The van der Waals surface area contributed by atoms with Gasteiger partial charge in [0.25, 0.3) is 0 Å². The highest BCUT2D eigenvalue weighted by atomic mass is 35.5. The van der Waals surface area contributed by atoms with Gasteiger partial charge in [0.1, 0.15) is 0 Å². The maximum absolute atomic E-state index is 11.6. The lowest BCUT2D eigenvalue weighted by Gasteiger charge is -2.13. The Hall–Kier alpha value is -1.22. The first kappa shape index (κ1) is 13.2. The van der Waals surface area contributed by atoms with Crippen molar-refractivity contribution >= 4 is 17.6 Å². The SMILES string of the molecule is O=C(NCCc1ccccc1Cl)NC1CCCC1. The normalized spacial score (nSPS) is 15.6. The minimum atomic E-state index is -0.0612. The fraction of sp³-hybridized carbons (Fsp3) is 0.500. The highest BCUT2D eigenvalue weighted by molar-refractivity contribution is 6.31. The molecule has 1 aromatic carbocycles. The molecule has 1 aromatic rings. The molecule has 98 valence electrons. The zero-order chi connectivity index (χ0) is 12.8. The van der Waals surface area contributed by atoms with Crippen LogP contribution in [-0.2, 0) is 6.42 Å². The summed E-state index contributed by atoms with van der Waals surface area (Å²) >= 11 is 6.05. The van der Waals surface area contributed by atoms with E-state index in [-0.39, 0.29) is 6.03 Å². The van der Waals surface area contributed by atoms with Gasteiger partial charge in [-0.15, -0.1) is 0 Å². The number of benzene rings is 1. The Morgan fingerprint density at radius 2 is 2.00 bits per heavy atom. The molecule has 2 N–H and O–H groups in total. The highest BCUT2D eigenvalue weighted by Crippen LogP contribution is 2.17. The van der Waals surface area contributed by atoms with Crippen LogP contribution in [-0.4, -0.2) is 18.6 Å². The first-order valence-corrected chi connectivity index (χ1v) is 6.91. The minimum Gasteiger partial charge on any atom is -0.338 e. The second-order valence-corrected chi connectivity index (χ2v) is 5.13. The van der Waals surface area contributed by atoms with Crippen molar-refractivity contribution in [2.24, 2.45) is 0 Å². The van der Waals surface area contributed by atoms with Crippen LogP contribution in [0.25, 0.3) is 0 Å². The molecule has 0 aromatic heterocycles. The number of carbonyl (C=O) groups excluding carboxylic acids is 1. The zero-order valence-corrected chi connectivity index (χ0v) is 11.2. The van der Waals surface area contributed by atoms with Crippen molar-refractivity contribution in [2.75, 3.05) is 6.54 Å². The second kappa shape index (κ2) is 6.64. The van der Waals surface area contributed by atoms with Crippen LogP contribution >= 0.6 is 11.6 Å². The summed E-state index contributed by atoms with van der Waals surface area (Å²) in [5.74, 6) is 0. The maximum atomic E-state index is 11.6. The Kier molecular flexibility index (Phi) is 4.88. The molecule has 0 saturated heterocycles. The molecular formula is C14H19ClN2O. The average Bonchev–Trinajstić information content (AvgIpc) is 2.84. The van der Waals surface area contributed by atoms with Crippen molar-refractivity contribution in [1.82, 2.24) is 10.6 Å². The monoisotopic (exact) mass is 266 g/mol. The first-order valence-electron chi connectivity index (χ1n) is 6.53. The summed E-state index contributed by atoms with van der Waals surface area (Å²) in [6.07, 6.45) is 5.43. The Morgan fingerprint density at radius 1 is 1.28 bits per heavy atom. The molecule has 0 atom stereocenters. The largest absolute Gasteiger partial charge is 0.338 e. The number of nitrogens with one attached hydrogen (secondary N) is 2. The first-order chi connectivity index (χ1) is 8.75. The summed E-state index contributed by atoms with van der Waals surface area (Å²) in [4.78, 5) is 11.6. The quantitative estimate of drug-likeness (QED) is 0.864. The smallest absolute Gasteiger partial charge is 0.315 e. The summed E-state index contributed by atoms with van der Waals surface area (Å²) < 4.78 is 0. The Bertz CT molecular complexity index is 403. The molecule has 1 saturated carbocycles. The van der Waals surface area contributed by atoms with Gasteiger partial charge in [-0.3, -0.25) is 0 Å². The summed E-state index contributed by atoms with van der Waals surface area (Å²) in [6.45, 7) is 0.613. The van der Waals surface area contributed by atoms with Gasteiger partial charge in [-0.05, 0) is 30.9 Å². The molecule has 0 radical (unpaired) electrons. The van der Waals surface area contributed by atoms with Crippen LogP contribution in [0, 0.1) is 0 Å². The molecule has 4 heteroatoms. The minimum absolute atomic E-state index is 0.0612. The Balaban J connectivity index is 1.68. The third-order valence-electron chi connectivity index (χ3n) is 3.33.